The lowest BCUT2D eigenvalue weighted by Gasteiger charge is -2.16. The van der Waals surface area contributed by atoms with Crippen molar-refractivity contribution in [3.8, 4) is 0 Å². The second kappa shape index (κ2) is 5.36. The number of rotatable bonds is 4. The highest BCUT2D eigenvalue weighted by molar-refractivity contribution is 7.80. The van der Waals surface area contributed by atoms with Gasteiger partial charge in [0.15, 0.2) is 0 Å². The van der Waals surface area contributed by atoms with E-state index in [0.29, 0.717) is 17.2 Å². The molecule has 0 fully saturated rings. The van der Waals surface area contributed by atoms with E-state index in [4.69, 9.17) is 18.0 Å². The van der Waals surface area contributed by atoms with E-state index in [1.165, 1.54) is 0 Å². The molecule has 0 aliphatic carbocycles. The quantitative estimate of drug-likeness (QED) is 0.822. The van der Waals surface area contributed by atoms with Crippen LogP contribution in [0.5, 0.6) is 0 Å². The molecule has 5 nitrogen and oxygen atoms in total. The number of imidazole rings is 1. The van der Waals surface area contributed by atoms with Crippen molar-refractivity contribution in [1.29, 1.82) is 0 Å². The normalized spacial score (nSPS) is 12.3. The van der Waals surface area contributed by atoms with Crippen LogP contribution < -0.4 is 11.1 Å². The van der Waals surface area contributed by atoms with Crippen LogP contribution in [0.4, 0.5) is 0 Å². The maximum absolute atomic E-state index is 11.9. The molecule has 19 heavy (non-hydrogen) atoms. The van der Waals surface area contributed by atoms with Crippen molar-refractivity contribution in [1.82, 2.24) is 14.9 Å². The van der Waals surface area contributed by atoms with Gasteiger partial charge < -0.3 is 15.6 Å². The van der Waals surface area contributed by atoms with Crippen molar-refractivity contribution in [2.45, 2.75) is 19.4 Å². The van der Waals surface area contributed by atoms with Gasteiger partial charge in [0, 0.05) is 7.05 Å². The van der Waals surface area contributed by atoms with Gasteiger partial charge in [-0.2, -0.15) is 0 Å². The molecule has 1 aromatic heterocycles. The van der Waals surface area contributed by atoms with Gasteiger partial charge >= 0.3 is 0 Å². The summed E-state index contributed by atoms with van der Waals surface area (Å²) in [6.45, 7) is 1.83. The van der Waals surface area contributed by atoms with E-state index < -0.39 is 0 Å². The van der Waals surface area contributed by atoms with E-state index in [1.54, 1.807) is 7.05 Å². The van der Waals surface area contributed by atoms with Crippen molar-refractivity contribution in [2.24, 2.45) is 5.73 Å². The summed E-state index contributed by atoms with van der Waals surface area (Å²) in [6, 6.07) is 7.31. The lowest BCUT2D eigenvalue weighted by Crippen LogP contribution is -2.29. The predicted octanol–water partition coefficient (Wildman–Crippen LogP) is 1.17. The third kappa shape index (κ3) is 2.58. The Labute approximate surface area is 116 Å². The van der Waals surface area contributed by atoms with Gasteiger partial charge in [-0.15, -0.1) is 0 Å². The molecule has 1 heterocycles. The summed E-state index contributed by atoms with van der Waals surface area (Å²) in [5.41, 5.74) is 7.35. The lowest BCUT2D eigenvalue weighted by atomic mass is 10.2. The van der Waals surface area contributed by atoms with Gasteiger partial charge in [0.05, 0.1) is 22.4 Å². The number of hydrogen-bond donors (Lipinski definition) is 2. The van der Waals surface area contributed by atoms with E-state index in [1.807, 2.05) is 35.8 Å². The maximum atomic E-state index is 11.9. The highest BCUT2D eigenvalue weighted by atomic mass is 32.1. The van der Waals surface area contributed by atoms with Crippen molar-refractivity contribution in [3.05, 3.63) is 30.1 Å². The van der Waals surface area contributed by atoms with E-state index in [2.05, 4.69) is 10.3 Å². The van der Waals surface area contributed by atoms with Gasteiger partial charge in [-0.3, -0.25) is 4.79 Å². The van der Waals surface area contributed by atoms with E-state index in [0.717, 1.165) is 11.0 Å². The van der Waals surface area contributed by atoms with E-state index >= 15 is 0 Å². The fourth-order valence-electron chi connectivity index (χ4n) is 2.13. The molecule has 1 amide bonds. The number of hydrogen-bond acceptors (Lipinski definition) is 3. The Morgan fingerprint density at radius 1 is 1.53 bits per heavy atom. The molecular weight excluding hydrogens is 260 g/mol. The van der Waals surface area contributed by atoms with Crippen molar-refractivity contribution >= 4 is 34.1 Å². The number of nitrogens with two attached hydrogens (primary N) is 1. The molecule has 0 bridgehead atoms. The predicted molar refractivity (Wildman–Crippen MR) is 79.0 cm³/mol. The molecule has 3 N–H and O–H groups in total. The lowest BCUT2D eigenvalue weighted by molar-refractivity contribution is -0.123. The average Bonchev–Trinajstić information content (AvgIpc) is 2.73. The zero-order valence-corrected chi connectivity index (χ0v) is 11.7. The molecule has 0 saturated heterocycles. The van der Waals surface area contributed by atoms with E-state index in [-0.39, 0.29) is 11.9 Å². The summed E-state index contributed by atoms with van der Waals surface area (Å²) in [5.74, 6) is 0.636. The number of carbonyl (C=O) groups excluding carboxylic acids is 1. The standard InChI is InChI=1S/C13H16N4OS/c1-8(13(18)15-2)17-10-6-4-3-5-9(10)16-12(17)7-11(14)19/h3-6,8H,7H2,1-2H3,(H2,14,19)(H,15,18). The fraction of sp³-hybridized carbons (Fsp3) is 0.308. The molecule has 1 atom stereocenters. The minimum atomic E-state index is -0.359. The molecule has 1 aromatic carbocycles. The summed E-state index contributed by atoms with van der Waals surface area (Å²) in [6.07, 6.45) is 0.380. The fourth-order valence-corrected chi connectivity index (χ4v) is 2.26. The summed E-state index contributed by atoms with van der Waals surface area (Å²) in [5, 5.41) is 2.65. The molecule has 0 aliphatic rings. The van der Waals surface area contributed by atoms with Crippen molar-refractivity contribution in [3.63, 3.8) is 0 Å². The van der Waals surface area contributed by atoms with Gasteiger partial charge in [0.2, 0.25) is 5.91 Å². The maximum Gasteiger partial charge on any atom is 0.242 e. The number of nitrogens with one attached hydrogen (secondary N) is 1. The number of benzene rings is 1. The number of fused-ring (bicyclic) bond motifs is 1. The van der Waals surface area contributed by atoms with Crippen LogP contribution in [0.25, 0.3) is 11.0 Å². The Morgan fingerprint density at radius 2 is 2.21 bits per heavy atom. The minimum Gasteiger partial charge on any atom is -0.393 e. The number of para-hydroxylation sites is 2. The highest BCUT2D eigenvalue weighted by Gasteiger charge is 2.20. The summed E-state index contributed by atoms with van der Waals surface area (Å²) >= 11 is 4.95. The molecule has 1 unspecified atom stereocenters. The van der Waals surface area contributed by atoms with Crippen LogP contribution in [0.1, 0.15) is 18.8 Å². The second-order valence-corrected chi connectivity index (χ2v) is 4.84. The SMILES string of the molecule is CNC(=O)C(C)n1c(CC(N)=S)nc2ccccc21. The van der Waals surface area contributed by atoms with Crippen LogP contribution in [-0.2, 0) is 11.2 Å². The number of amides is 1. The molecule has 0 saturated carbocycles. The minimum absolute atomic E-state index is 0.0765. The second-order valence-electron chi connectivity index (χ2n) is 4.32. The number of carbonyl (C=O) groups is 1. The van der Waals surface area contributed by atoms with Gasteiger partial charge in [-0.1, -0.05) is 24.4 Å². The first-order valence-electron chi connectivity index (χ1n) is 6.00. The highest BCUT2D eigenvalue weighted by Crippen LogP contribution is 2.21. The topological polar surface area (TPSA) is 72.9 Å². The molecule has 100 valence electrons. The molecule has 6 heteroatoms. The monoisotopic (exact) mass is 276 g/mol. The molecule has 0 aliphatic heterocycles. The number of aromatic nitrogens is 2. The Bertz CT molecular complexity index is 635. The van der Waals surface area contributed by atoms with Gasteiger partial charge in [0.25, 0.3) is 0 Å². The first-order valence-corrected chi connectivity index (χ1v) is 6.41. The third-order valence-electron chi connectivity index (χ3n) is 3.01. The Balaban J connectivity index is 2.60. The largest absolute Gasteiger partial charge is 0.393 e. The molecular formula is C13H16N4OS. The zero-order chi connectivity index (χ0) is 14.0. The number of nitrogens with zero attached hydrogens (tertiary/aromatic N) is 2. The Kier molecular flexibility index (Phi) is 3.80. The van der Waals surface area contributed by atoms with Crippen LogP contribution in [0, 0.1) is 0 Å². The van der Waals surface area contributed by atoms with Crippen LogP contribution >= 0.6 is 12.2 Å². The average molecular weight is 276 g/mol. The molecule has 2 rings (SSSR count). The number of likely N-dealkylation sites (N-methyl/N-ethyl adjacent to an activating group) is 1. The Morgan fingerprint density at radius 3 is 2.84 bits per heavy atom. The van der Waals surface area contributed by atoms with Crippen LogP contribution in [-0.4, -0.2) is 27.5 Å². The molecule has 0 radical (unpaired) electrons. The van der Waals surface area contributed by atoms with Crippen molar-refractivity contribution in [2.75, 3.05) is 7.05 Å². The summed E-state index contributed by atoms with van der Waals surface area (Å²) in [7, 11) is 1.62. The van der Waals surface area contributed by atoms with Crippen LogP contribution in [0.3, 0.4) is 0 Å². The zero-order valence-electron chi connectivity index (χ0n) is 10.9. The molecule has 0 spiro atoms. The first-order chi connectivity index (χ1) is 9.04. The third-order valence-corrected chi connectivity index (χ3v) is 3.16. The summed E-state index contributed by atoms with van der Waals surface area (Å²) in [4.78, 5) is 16.7. The van der Waals surface area contributed by atoms with Crippen molar-refractivity contribution < 1.29 is 4.79 Å². The smallest absolute Gasteiger partial charge is 0.242 e. The summed E-state index contributed by atoms with van der Waals surface area (Å²) < 4.78 is 1.88. The van der Waals surface area contributed by atoms with Gasteiger partial charge in [-0.05, 0) is 19.1 Å². The van der Waals surface area contributed by atoms with Crippen LogP contribution in [0.15, 0.2) is 24.3 Å². The van der Waals surface area contributed by atoms with Gasteiger partial charge in [0.1, 0.15) is 11.9 Å². The first kappa shape index (κ1) is 13.5. The molecule has 2 aromatic rings. The van der Waals surface area contributed by atoms with Crippen LogP contribution in [0.2, 0.25) is 0 Å². The van der Waals surface area contributed by atoms with E-state index in [9.17, 15) is 4.79 Å². The number of thiocarbonyl (C=S) groups is 1. The van der Waals surface area contributed by atoms with Gasteiger partial charge in [-0.25, -0.2) is 4.98 Å². The Hall–Kier alpha value is -1.95.